The lowest BCUT2D eigenvalue weighted by Gasteiger charge is -2.30. The molecule has 488 valence electrons. The van der Waals surface area contributed by atoms with Gasteiger partial charge in [-0.05, 0) is 73.8 Å². The number of phenols is 1. The van der Waals surface area contributed by atoms with Gasteiger partial charge in [-0.15, -0.1) is 0 Å². The first kappa shape index (κ1) is 70.6. The van der Waals surface area contributed by atoms with E-state index in [0.29, 0.717) is 28.6 Å². The molecule has 0 unspecified atom stereocenters. The fraction of sp³-hybridized carbons (Fsp3) is 0.474. The molecule has 5 rings (SSSR count). The van der Waals surface area contributed by atoms with Crippen LogP contribution in [0.3, 0.4) is 0 Å². The molecule has 33 nitrogen and oxygen atoms in total. The van der Waals surface area contributed by atoms with Crippen LogP contribution >= 0.6 is 0 Å². The molecule has 90 heavy (non-hydrogen) atoms. The number of nitrogens with two attached hydrogens (primary N) is 3. The standard InChI is InChI=1S/C57H78N16O17/c1-29(2)19-38(49(83)66-37(9-5-17-62-57(59)60)56(90)73-18-6-10-44(73)55(89)64-26-47(80)81)68-53(87)42(23-46(78)79)71-50(84)39(20-30-11-13-33(75)14-12-30)69-54(88)43(27-74)72-51(85)40(21-31-24-63-36-8-4-3-7-34(31)36)70-52(86)41(22-32-25-61-28-65-32)67-48(82)35(58)15-16-45(76)77/h3-4,7-8,11-14,24-25,28-29,35,37-44,63,74-75H,5-6,9-10,15-23,26-27,58H2,1-2H3,(H,61,65)(H,64,89)(H,66,83)(H,67,82)(H,68,87)(H,69,88)(H,70,86)(H,71,84)(H,72,85)(H,76,77)(H,78,79)(H,80,81)(H4,59,60,62)/t35-,37-,38-,39-,40-,41-,42+,43-,44-/m0/s1. The largest absolute Gasteiger partial charge is 0.508 e. The zero-order valence-corrected chi connectivity index (χ0v) is 49.4. The number of carbonyl (C=O) groups is 12. The van der Waals surface area contributed by atoms with Crippen molar-refractivity contribution >= 4 is 87.9 Å². The molecule has 9 amide bonds. The number of nitrogens with one attached hydrogen (secondary N) is 10. The molecule has 0 aliphatic carbocycles. The van der Waals surface area contributed by atoms with E-state index in [1.54, 1.807) is 44.3 Å². The first-order valence-electron chi connectivity index (χ1n) is 28.8. The molecule has 0 spiro atoms. The van der Waals surface area contributed by atoms with E-state index < -0.39 is 158 Å². The molecule has 0 saturated carbocycles. The van der Waals surface area contributed by atoms with E-state index in [9.17, 15) is 72.9 Å². The van der Waals surface area contributed by atoms with Gasteiger partial charge in [-0.2, -0.15) is 0 Å². The van der Waals surface area contributed by atoms with Gasteiger partial charge in [0.15, 0.2) is 5.96 Å². The van der Waals surface area contributed by atoms with Crippen molar-refractivity contribution < 1.29 is 83.1 Å². The van der Waals surface area contributed by atoms with E-state index in [2.05, 4.69) is 62.5 Å². The summed E-state index contributed by atoms with van der Waals surface area (Å²) in [6.07, 6.45) is 1.96. The summed E-state index contributed by atoms with van der Waals surface area (Å²) in [4.78, 5) is 176. The summed E-state index contributed by atoms with van der Waals surface area (Å²) in [6.45, 7) is 1.63. The second-order valence-corrected chi connectivity index (χ2v) is 21.8. The average molecular weight is 1260 g/mol. The molecule has 21 N–H and O–H groups in total. The van der Waals surface area contributed by atoms with Crippen molar-refractivity contribution in [2.45, 2.75) is 139 Å². The number of aliphatic hydroxyl groups is 1. The Hall–Kier alpha value is -10.2. The number of aromatic nitrogens is 3. The minimum atomic E-state index is -1.98. The SMILES string of the molecule is CC(C)C[C@H](NC(=O)[C@@H](CC(=O)O)NC(=O)[C@H](Cc1ccc(O)cc1)NC(=O)[C@H](CO)NC(=O)[C@H](Cc1c[nH]c2ccccc12)NC(=O)[C@H](Cc1cnc[nH]1)NC(=O)[C@@H](N)CCC(=O)O)C(=O)N[C@@H](CCCN=C(N)N)C(=O)N1CCC[C@H]1C(=O)NCC(=O)O. The number of H-pyrrole nitrogens is 2. The van der Waals surface area contributed by atoms with Gasteiger partial charge in [0.2, 0.25) is 53.2 Å². The molecule has 1 fully saturated rings. The maximum absolute atomic E-state index is 14.5. The molecule has 2 aromatic carbocycles. The number of hydrogen-bond acceptors (Lipinski definition) is 17. The van der Waals surface area contributed by atoms with Crippen LogP contribution in [0.1, 0.15) is 82.0 Å². The Labute approximate surface area is 514 Å². The molecule has 1 saturated heterocycles. The van der Waals surface area contributed by atoms with E-state index >= 15 is 0 Å². The van der Waals surface area contributed by atoms with Crippen LogP contribution in [-0.4, -0.2) is 203 Å². The number of benzene rings is 2. The third-order valence-electron chi connectivity index (χ3n) is 14.3. The van der Waals surface area contributed by atoms with Crippen molar-refractivity contribution in [2.75, 3.05) is 26.2 Å². The first-order chi connectivity index (χ1) is 42.7. The molecular formula is C57H78N16O17. The summed E-state index contributed by atoms with van der Waals surface area (Å²) in [5.41, 5.74) is 18.7. The summed E-state index contributed by atoms with van der Waals surface area (Å²) >= 11 is 0. The number of aromatic amines is 2. The number of nitrogens with zero attached hydrogens (tertiary/aromatic N) is 3. The van der Waals surface area contributed by atoms with Crippen LogP contribution in [0.4, 0.5) is 0 Å². The molecular weight excluding hydrogens is 1180 g/mol. The third kappa shape index (κ3) is 22.2. The number of aliphatic imine (C=N–C) groups is 1. The number of aromatic hydroxyl groups is 1. The summed E-state index contributed by atoms with van der Waals surface area (Å²) < 4.78 is 0. The molecule has 2 aromatic heterocycles. The molecule has 4 aromatic rings. The Morgan fingerprint density at radius 3 is 1.87 bits per heavy atom. The Bertz CT molecular complexity index is 3210. The molecule has 0 bridgehead atoms. The zero-order valence-electron chi connectivity index (χ0n) is 49.4. The Kier molecular flexibility index (Phi) is 27.0. The second-order valence-electron chi connectivity index (χ2n) is 21.8. The third-order valence-corrected chi connectivity index (χ3v) is 14.3. The highest BCUT2D eigenvalue weighted by atomic mass is 16.4. The quantitative estimate of drug-likeness (QED) is 0.0117. The van der Waals surface area contributed by atoms with Gasteiger partial charge in [0, 0.05) is 67.8 Å². The predicted molar refractivity (Wildman–Crippen MR) is 319 cm³/mol. The number of phenolic OH excluding ortho intramolecular Hbond substituents is 1. The van der Waals surface area contributed by atoms with Gasteiger partial charge < -0.3 is 100 Å². The van der Waals surface area contributed by atoms with E-state index in [1.807, 2.05) is 0 Å². The number of imidazole rings is 1. The summed E-state index contributed by atoms with van der Waals surface area (Å²) in [7, 11) is 0. The van der Waals surface area contributed by atoms with Gasteiger partial charge in [-0.1, -0.05) is 44.2 Å². The summed E-state index contributed by atoms with van der Waals surface area (Å²) in [5, 5.41) is 69.4. The summed E-state index contributed by atoms with van der Waals surface area (Å²) in [5.74, 6) is -13.8. The van der Waals surface area contributed by atoms with Gasteiger partial charge in [-0.25, -0.2) is 4.98 Å². The minimum absolute atomic E-state index is 0.0132. The van der Waals surface area contributed by atoms with Crippen molar-refractivity contribution in [2.24, 2.45) is 28.1 Å². The van der Waals surface area contributed by atoms with Crippen molar-refractivity contribution in [3.05, 3.63) is 84.1 Å². The maximum atomic E-state index is 14.5. The van der Waals surface area contributed by atoms with Crippen LogP contribution in [0.15, 0.2) is 72.2 Å². The fourth-order valence-corrected chi connectivity index (χ4v) is 9.78. The van der Waals surface area contributed by atoms with E-state index in [0.717, 1.165) is 0 Å². The highest BCUT2D eigenvalue weighted by Gasteiger charge is 2.40. The van der Waals surface area contributed by atoms with Crippen molar-refractivity contribution in [3.63, 3.8) is 0 Å². The highest BCUT2D eigenvalue weighted by Crippen LogP contribution is 2.22. The van der Waals surface area contributed by atoms with E-state index in [1.165, 1.54) is 41.7 Å². The van der Waals surface area contributed by atoms with Crippen LogP contribution in [0, 0.1) is 5.92 Å². The Balaban J connectivity index is 1.40. The number of rotatable bonds is 36. The normalized spacial score (nSPS) is 15.5. The van der Waals surface area contributed by atoms with Crippen LogP contribution in [-0.2, 0) is 76.8 Å². The lowest BCUT2D eigenvalue weighted by atomic mass is 10.0. The molecule has 1 aliphatic heterocycles. The van der Waals surface area contributed by atoms with Crippen LogP contribution in [0.25, 0.3) is 10.9 Å². The smallest absolute Gasteiger partial charge is 0.322 e. The Morgan fingerprint density at radius 2 is 1.26 bits per heavy atom. The van der Waals surface area contributed by atoms with Crippen LogP contribution in [0.2, 0.25) is 0 Å². The number of para-hydroxylation sites is 1. The number of fused-ring (bicyclic) bond motifs is 1. The number of aliphatic carboxylic acids is 3. The number of guanidine groups is 1. The van der Waals surface area contributed by atoms with E-state index in [-0.39, 0.29) is 81.2 Å². The molecule has 9 atom stereocenters. The minimum Gasteiger partial charge on any atom is -0.508 e. The van der Waals surface area contributed by atoms with Crippen LogP contribution in [0.5, 0.6) is 5.75 Å². The maximum Gasteiger partial charge on any atom is 0.322 e. The number of carbonyl (C=O) groups excluding carboxylic acids is 9. The van der Waals surface area contributed by atoms with Crippen molar-refractivity contribution in [1.82, 2.24) is 62.4 Å². The number of likely N-dealkylation sites (tertiary alicyclic amines) is 1. The summed E-state index contributed by atoms with van der Waals surface area (Å²) in [6, 6.07) is -1.76. The number of amides is 9. The first-order valence-corrected chi connectivity index (χ1v) is 28.8. The van der Waals surface area contributed by atoms with Crippen molar-refractivity contribution in [1.29, 1.82) is 0 Å². The van der Waals surface area contributed by atoms with Crippen molar-refractivity contribution in [3.8, 4) is 5.75 Å². The lowest BCUT2D eigenvalue weighted by molar-refractivity contribution is -0.143. The average Bonchev–Trinajstić information content (AvgIpc) is 2.26. The van der Waals surface area contributed by atoms with Gasteiger partial charge in [-0.3, -0.25) is 62.5 Å². The van der Waals surface area contributed by atoms with Gasteiger partial charge >= 0.3 is 17.9 Å². The molecule has 33 heteroatoms. The topological polar surface area (TPSA) is 540 Å². The highest BCUT2D eigenvalue weighted by molar-refractivity contribution is 6.00. The second kappa shape index (κ2) is 34.4. The molecule has 1 aliphatic rings. The molecule has 0 radical (unpaired) electrons. The van der Waals surface area contributed by atoms with E-state index in [4.69, 9.17) is 27.4 Å². The molecule has 3 heterocycles. The predicted octanol–water partition coefficient (Wildman–Crippen LogP) is -4.03. The zero-order chi connectivity index (χ0) is 66.2. The van der Waals surface area contributed by atoms with Gasteiger partial charge in [0.05, 0.1) is 25.4 Å². The van der Waals surface area contributed by atoms with Gasteiger partial charge in [0.25, 0.3) is 0 Å². The number of hydrogen-bond donors (Lipinski definition) is 18. The lowest BCUT2D eigenvalue weighted by Crippen LogP contribution is -2.61. The van der Waals surface area contributed by atoms with Gasteiger partial charge in [0.1, 0.15) is 60.6 Å². The van der Waals surface area contributed by atoms with Crippen LogP contribution < -0.4 is 59.7 Å². The number of aliphatic hydroxyl groups excluding tert-OH is 1. The fourth-order valence-electron chi connectivity index (χ4n) is 9.78. The number of carboxylic acid groups (broad SMARTS) is 3. The number of carboxylic acids is 3. The monoisotopic (exact) mass is 1260 g/mol. The Morgan fingerprint density at radius 1 is 0.678 bits per heavy atom.